The standard InChI is InChI=1S/C23H21NO4/c1-26-19-13-15-9-10-24(23(25)18-8-5-11-28-18)17-12-14-6-3-4-7-16(14)21(20(15)17)22(19)27-2/h3-8,11,13,17H,9-10,12H2,1-2H3/t17-/m1/s1. The molecule has 0 spiro atoms. The minimum absolute atomic E-state index is 0.0499. The zero-order valence-electron chi connectivity index (χ0n) is 15.9. The summed E-state index contributed by atoms with van der Waals surface area (Å²) in [7, 11) is 3.33. The number of fused-ring (bicyclic) bond motifs is 2. The van der Waals surface area contributed by atoms with E-state index in [9.17, 15) is 4.79 Å². The molecule has 0 unspecified atom stereocenters. The summed E-state index contributed by atoms with van der Waals surface area (Å²) in [6.45, 7) is 0.647. The molecule has 1 aliphatic heterocycles. The lowest BCUT2D eigenvalue weighted by Gasteiger charge is -2.42. The van der Waals surface area contributed by atoms with E-state index in [1.54, 1.807) is 32.6 Å². The quantitative estimate of drug-likeness (QED) is 0.686. The number of ether oxygens (including phenoxy) is 2. The van der Waals surface area contributed by atoms with Crippen molar-refractivity contribution >= 4 is 5.91 Å². The van der Waals surface area contributed by atoms with Crippen LogP contribution in [0.4, 0.5) is 0 Å². The number of carbonyl (C=O) groups is 1. The number of amides is 1. The highest BCUT2D eigenvalue weighted by atomic mass is 16.5. The monoisotopic (exact) mass is 375 g/mol. The molecular weight excluding hydrogens is 354 g/mol. The summed E-state index contributed by atoms with van der Waals surface area (Å²) in [4.78, 5) is 15.1. The molecule has 1 amide bonds. The summed E-state index contributed by atoms with van der Waals surface area (Å²) >= 11 is 0. The van der Waals surface area contributed by atoms with Gasteiger partial charge in [0.2, 0.25) is 0 Å². The second-order valence-electron chi connectivity index (χ2n) is 7.16. The molecule has 0 radical (unpaired) electrons. The van der Waals surface area contributed by atoms with E-state index in [2.05, 4.69) is 18.2 Å². The number of furan rings is 1. The molecule has 5 rings (SSSR count). The second-order valence-corrected chi connectivity index (χ2v) is 7.16. The van der Waals surface area contributed by atoms with Gasteiger partial charge in [0.05, 0.1) is 26.5 Å². The number of methoxy groups -OCH3 is 2. The summed E-state index contributed by atoms with van der Waals surface area (Å²) in [6, 6.07) is 13.8. The minimum atomic E-state index is -0.0687. The first-order chi connectivity index (χ1) is 13.7. The summed E-state index contributed by atoms with van der Waals surface area (Å²) in [5.74, 6) is 1.77. The Morgan fingerprint density at radius 1 is 1.11 bits per heavy atom. The van der Waals surface area contributed by atoms with Crippen molar-refractivity contribution in [2.75, 3.05) is 20.8 Å². The van der Waals surface area contributed by atoms with Gasteiger partial charge < -0.3 is 18.8 Å². The molecule has 0 bridgehead atoms. The van der Waals surface area contributed by atoms with Crippen LogP contribution in [-0.4, -0.2) is 31.6 Å². The number of benzene rings is 2. The van der Waals surface area contributed by atoms with Gasteiger partial charge in [-0.05, 0) is 53.3 Å². The lowest BCUT2D eigenvalue weighted by molar-refractivity contribution is 0.0625. The van der Waals surface area contributed by atoms with Gasteiger partial charge >= 0.3 is 0 Å². The van der Waals surface area contributed by atoms with E-state index in [0.717, 1.165) is 35.5 Å². The average Bonchev–Trinajstić information content (AvgIpc) is 3.28. The molecule has 2 aliphatic rings. The summed E-state index contributed by atoms with van der Waals surface area (Å²) in [5.41, 5.74) is 5.79. The Morgan fingerprint density at radius 2 is 1.96 bits per heavy atom. The molecule has 1 aliphatic carbocycles. The Hall–Kier alpha value is -3.21. The van der Waals surface area contributed by atoms with Crippen molar-refractivity contribution in [2.24, 2.45) is 0 Å². The second kappa shape index (κ2) is 6.44. The van der Waals surface area contributed by atoms with Crippen LogP contribution in [0.15, 0.2) is 53.1 Å². The van der Waals surface area contributed by atoms with Crippen LogP contribution in [0, 0.1) is 0 Å². The number of hydrogen-bond donors (Lipinski definition) is 0. The first-order valence-electron chi connectivity index (χ1n) is 9.43. The molecule has 0 saturated heterocycles. The first kappa shape index (κ1) is 16.9. The van der Waals surface area contributed by atoms with Crippen molar-refractivity contribution in [2.45, 2.75) is 18.9 Å². The molecule has 5 heteroatoms. The fourth-order valence-corrected chi connectivity index (χ4v) is 4.62. The van der Waals surface area contributed by atoms with Crippen LogP contribution < -0.4 is 9.47 Å². The highest BCUT2D eigenvalue weighted by Gasteiger charge is 2.39. The number of hydrogen-bond acceptors (Lipinski definition) is 4. The third kappa shape index (κ3) is 2.35. The lowest BCUT2D eigenvalue weighted by atomic mass is 9.76. The maximum Gasteiger partial charge on any atom is 0.290 e. The molecular formula is C23H21NO4. The smallest absolute Gasteiger partial charge is 0.290 e. The van der Waals surface area contributed by atoms with E-state index >= 15 is 0 Å². The highest BCUT2D eigenvalue weighted by molar-refractivity contribution is 5.93. The normalized spacial score (nSPS) is 16.9. The van der Waals surface area contributed by atoms with Gasteiger partial charge in [0.1, 0.15) is 0 Å². The largest absolute Gasteiger partial charge is 0.493 e. The molecule has 1 aromatic heterocycles. The Bertz CT molecular complexity index is 1050. The van der Waals surface area contributed by atoms with Gasteiger partial charge in [0, 0.05) is 12.1 Å². The Labute approximate surface area is 163 Å². The van der Waals surface area contributed by atoms with Crippen molar-refractivity contribution in [3.63, 3.8) is 0 Å². The molecule has 0 saturated carbocycles. The van der Waals surface area contributed by atoms with Crippen LogP contribution in [0.5, 0.6) is 11.5 Å². The Morgan fingerprint density at radius 3 is 2.71 bits per heavy atom. The summed E-state index contributed by atoms with van der Waals surface area (Å²) < 4.78 is 16.8. The van der Waals surface area contributed by atoms with E-state index in [0.29, 0.717) is 12.3 Å². The van der Waals surface area contributed by atoms with Gasteiger partial charge in [-0.15, -0.1) is 0 Å². The molecule has 1 atom stereocenters. The van der Waals surface area contributed by atoms with Gasteiger partial charge in [-0.2, -0.15) is 0 Å². The fourth-order valence-electron chi connectivity index (χ4n) is 4.62. The van der Waals surface area contributed by atoms with Gasteiger partial charge in [-0.3, -0.25) is 4.79 Å². The minimum Gasteiger partial charge on any atom is -0.493 e. The van der Waals surface area contributed by atoms with Gasteiger partial charge in [-0.25, -0.2) is 0 Å². The van der Waals surface area contributed by atoms with Crippen LogP contribution in [0.25, 0.3) is 11.1 Å². The van der Waals surface area contributed by atoms with E-state index in [4.69, 9.17) is 13.9 Å². The van der Waals surface area contributed by atoms with Crippen LogP contribution in [0.2, 0.25) is 0 Å². The fraction of sp³-hybridized carbons (Fsp3) is 0.261. The van der Waals surface area contributed by atoms with Gasteiger partial charge in [0.25, 0.3) is 5.91 Å². The molecule has 3 aromatic rings. The average molecular weight is 375 g/mol. The number of carbonyl (C=O) groups excluding carboxylic acids is 1. The van der Waals surface area contributed by atoms with E-state index in [-0.39, 0.29) is 11.9 Å². The SMILES string of the molecule is COc1cc2c3c(c1OC)-c1ccccc1C[C@H]3N(C(=O)c1ccco1)CC2. The van der Waals surface area contributed by atoms with Crippen molar-refractivity contribution in [1.82, 2.24) is 4.90 Å². The van der Waals surface area contributed by atoms with E-state index in [1.165, 1.54) is 16.7 Å². The predicted octanol–water partition coefficient (Wildman–Crippen LogP) is 4.26. The lowest BCUT2D eigenvalue weighted by Crippen LogP contribution is -2.42. The van der Waals surface area contributed by atoms with Crippen LogP contribution >= 0.6 is 0 Å². The maximum atomic E-state index is 13.1. The van der Waals surface area contributed by atoms with Crippen LogP contribution in [-0.2, 0) is 12.8 Å². The molecule has 0 fully saturated rings. The molecule has 2 heterocycles. The highest BCUT2D eigenvalue weighted by Crippen LogP contribution is 2.52. The summed E-state index contributed by atoms with van der Waals surface area (Å²) in [5, 5.41) is 0. The van der Waals surface area contributed by atoms with Crippen LogP contribution in [0.3, 0.4) is 0 Å². The van der Waals surface area contributed by atoms with Gasteiger partial charge in [-0.1, -0.05) is 24.3 Å². The van der Waals surface area contributed by atoms with Crippen molar-refractivity contribution in [3.8, 4) is 22.6 Å². The third-order valence-electron chi connectivity index (χ3n) is 5.82. The molecule has 142 valence electrons. The third-order valence-corrected chi connectivity index (χ3v) is 5.82. The number of rotatable bonds is 3. The van der Waals surface area contributed by atoms with Crippen LogP contribution in [0.1, 0.15) is 33.3 Å². The zero-order chi connectivity index (χ0) is 19.3. The first-order valence-corrected chi connectivity index (χ1v) is 9.43. The molecule has 0 N–H and O–H groups in total. The molecule has 28 heavy (non-hydrogen) atoms. The van der Waals surface area contributed by atoms with E-state index in [1.807, 2.05) is 17.0 Å². The Balaban J connectivity index is 1.73. The molecule has 5 nitrogen and oxygen atoms in total. The van der Waals surface area contributed by atoms with Crippen molar-refractivity contribution in [3.05, 3.63) is 71.2 Å². The Kier molecular flexibility index (Phi) is 3.90. The predicted molar refractivity (Wildman–Crippen MR) is 105 cm³/mol. The van der Waals surface area contributed by atoms with Crippen molar-refractivity contribution < 1.29 is 18.7 Å². The maximum absolute atomic E-state index is 13.1. The summed E-state index contributed by atoms with van der Waals surface area (Å²) in [6.07, 6.45) is 3.09. The topological polar surface area (TPSA) is 51.9 Å². The zero-order valence-corrected chi connectivity index (χ0v) is 15.9. The van der Waals surface area contributed by atoms with Crippen molar-refractivity contribution in [1.29, 1.82) is 0 Å². The molecule has 2 aromatic carbocycles. The van der Waals surface area contributed by atoms with Gasteiger partial charge in [0.15, 0.2) is 17.3 Å². The van der Waals surface area contributed by atoms with E-state index < -0.39 is 0 Å². The number of nitrogens with zero attached hydrogens (tertiary/aromatic N) is 1.